The highest BCUT2D eigenvalue weighted by Crippen LogP contribution is 2.36. The second-order valence-corrected chi connectivity index (χ2v) is 7.89. The van der Waals surface area contributed by atoms with Crippen LogP contribution in [-0.2, 0) is 6.54 Å². The highest BCUT2D eigenvalue weighted by atomic mass is 15.4. The number of aromatic nitrogens is 3. The third-order valence-corrected chi connectivity index (χ3v) is 6.05. The Morgan fingerprint density at radius 3 is 2.52 bits per heavy atom. The van der Waals surface area contributed by atoms with Crippen LogP contribution in [0.4, 0.5) is 0 Å². The Kier molecular flexibility index (Phi) is 4.62. The van der Waals surface area contributed by atoms with Crippen molar-refractivity contribution in [1.29, 1.82) is 0 Å². The van der Waals surface area contributed by atoms with Gasteiger partial charge in [0.1, 0.15) is 0 Å². The smallest absolute Gasteiger partial charge is 0.0963 e. The Morgan fingerprint density at radius 1 is 0.931 bits per heavy atom. The van der Waals surface area contributed by atoms with Crippen molar-refractivity contribution >= 4 is 10.8 Å². The predicted octanol–water partition coefficient (Wildman–Crippen LogP) is 4.27. The second-order valence-electron chi connectivity index (χ2n) is 7.89. The molecule has 5 nitrogen and oxygen atoms in total. The zero-order valence-corrected chi connectivity index (χ0v) is 16.7. The minimum Gasteiger partial charge on any atom is -0.330 e. The zero-order chi connectivity index (χ0) is 19.8. The van der Waals surface area contributed by atoms with Gasteiger partial charge in [0.25, 0.3) is 0 Å². The largest absolute Gasteiger partial charge is 0.330 e. The summed E-state index contributed by atoms with van der Waals surface area (Å²) in [5, 5.41) is 2.34. The number of nitrogens with zero attached hydrogens (tertiary/aromatic N) is 3. The monoisotopic (exact) mass is 383 g/mol. The van der Waals surface area contributed by atoms with Gasteiger partial charge in [-0.05, 0) is 25.3 Å². The standard InChI is InChI=1S/C24H25N5/c1-16-22(17(2)28-27-16)14-29-15-26-23(18-7-4-3-5-8-18)24(29)21-10-6-9-19-13-25-12-11-20(19)21/h3-13,15-17,22,27-28H,14H2,1-2H3. The van der Waals surface area contributed by atoms with Crippen LogP contribution in [0.1, 0.15) is 13.8 Å². The Labute approximate surface area is 170 Å². The molecule has 0 radical (unpaired) electrons. The summed E-state index contributed by atoms with van der Waals surface area (Å²) in [5.41, 5.74) is 11.3. The number of hydrazine groups is 1. The maximum atomic E-state index is 4.87. The number of pyridine rings is 1. The van der Waals surface area contributed by atoms with Gasteiger partial charge in [0.2, 0.25) is 0 Å². The molecule has 1 saturated heterocycles. The molecular formula is C24H25N5. The van der Waals surface area contributed by atoms with Crippen LogP contribution in [0.25, 0.3) is 33.3 Å². The molecule has 1 aliphatic rings. The third-order valence-electron chi connectivity index (χ3n) is 6.05. The molecule has 146 valence electrons. The van der Waals surface area contributed by atoms with Crippen molar-refractivity contribution in [2.24, 2.45) is 5.92 Å². The lowest BCUT2D eigenvalue weighted by atomic mass is 9.95. The lowest BCUT2D eigenvalue weighted by molar-refractivity contribution is 0.384. The van der Waals surface area contributed by atoms with Gasteiger partial charge in [-0.15, -0.1) is 0 Å². The van der Waals surface area contributed by atoms with Crippen molar-refractivity contribution in [3.63, 3.8) is 0 Å². The Morgan fingerprint density at radius 2 is 1.72 bits per heavy atom. The minimum absolute atomic E-state index is 0.400. The molecule has 0 saturated carbocycles. The highest BCUT2D eigenvalue weighted by molar-refractivity contribution is 5.98. The first kappa shape index (κ1) is 18.0. The molecule has 3 heterocycles. The summed E-state index contributed by atoms with van der Waals surface area (Å²) >= 11 is 0. The van der Waals surface area contributed by atoms with Crippen LogP contribution in [-0.4, -0.2) is 26.6 Å². The molecule has 2 aromatic carbocycles. The summed E-state index contributed by atoms with van der Waals surface area (Å²) in [7, 11) is 0. The summed E-state index contributed by atoms with van der Waals surface area (Å²) in [6.07, 6.45) is 5.79. The van der Waals surface area contributed by atoms with Gasteiger partial charge < -0.3 is 4.57 Å². The van der Waals surface area contributed by atoms with E-state index < -0.39 is 0 Å². The summed E-state index contributed by atoms with van der Waals surface area (Å²) in [4.78, 5) is 9.17. The lowest BCUT2D eigenvalue weighted by Gasteiger charge is -2.21. The Hall–Kier alpha value is -3.02. The van der Waals surface area contributed by atoms with Crippen LogP contribution >= 0.6 is 0 Å². The fourth-order valence-corrected chi connectivity index (χ4v) is 4.39. The van der Waals surface area contributed by atoms with Gasteiger partial charge in [-0.3, -0.25) is 15.8 Å². The second kappa shape index (κ2) is 7.43. The number of hydrogen-bond donors (Lipinski definition) is 2. The van der Waals surface area contributed by atoms with Crippen LogP contribution in [0.2, 0.25) is 0 Å². The number of fused-ring (bicyclic) bond motifs is 1. The molecule has 0 aliphatic carbocycles. The first-order valence-corrected chi connectivity index (χ1v) is 10.2. The van der Waals surface area contributed by atoms with Gasteiger partial charge in [0.05, 0.1) is 17.7 Å². The van der Waals surface area contributed by atoms with E-state index in [4.69, 9.17) is 4.98 Å². The van der Waals surface area contributed by atoms with Crippen molar-refractivity contribution in [2.45, 2.75) is 32.5 Å². The summed E-state index contributed by atoms with van der Waals surface area (Å²) in [6.45, 7) is 5.37. The van der Waals surface area contributed by atoms with E-state index in [1.807, 2.05) is 24.8 Å². The molecule has 5 heteroatoms. The van der Waals surface area contributed by atoms with Crippen LogP contribution in [0.5, 0.6) is 0 Å². The molecule has 2 N–H and O–H groups in total. The molecule has 2 atom stereocenters. The number of nitrogens with one attached hydrogen (secondary N) is 2. The number of rotatable bonds is 4. The first-order valence-electron chi connectivity index (χ1n) is 10.2. The van der Waals surface area contributed by atoms with Crippen molar-refractivity contribution in [1.82, 2.24) is 25.4 Å². The van der Waals surface area contributed by atoms with E-state index >= 15 is 0 Å². The van der Waals surface area contributed by atoms with Crippen molar-refractivity contribution in [3.05, 3.63) is 73.3 Å². The minimum atomic E-state index is 0.400. The average molecular weight is 383 g/mol. The van der Waals surface area contributed by atoms with E-state index in [0.717, 1.165) is 23.2 Å². The van der Waals surface area contributed by atoms with Gasteiger partial charge >= 0.3 is 0 Å². The van der Waals surface area contributed by atoms with E-state index in [2.05, 4.69) is 82.8 Å². The average Bonchev–Trinajstić information content (AvgIpc) is 3.32. The van der Waals surface area contributed by atoms with Crippen LogP contribution in [0, 0.1) is 5.92 Å². The summed E-state index contributed by atoms with van der Waals surface area (Å²) in [5.74, 6) is 0.475. The number of imidazole rings is 1. The van der Waals surface area contributed by atoms with E-state index in [1.165, 1.54) is 16.6 Å². The van der Waals surface area contributed by atoms with Gasteiger partial charge in [0.15, 0.2) is 0 Å². The van der Waals surface area contributed by atoms with Crippen LogP contribution in [0.15, 0.2) is 73.3 Å². The maximum Gasteiger partial charge on any atom is 0.0963 e. The fourth-order valence-electron chi connectivity index (χ4n) is 4.39. The Balaban J connectivity index is 1.70. The fraction of sp³-hybridized carbons (Fsp3) is 0.250. The van der Waals surface area contributed by atoms with Crippen LogP contribution < -0.4 is 10.9 Å². The molecule has 29 heavy (non-hydrogen) atoms. The quantitative estimate of drug-likeness (QED) is 0.553. The molecule has 1 aliphatic heterocycles. The van der Waals surface area contributed by atoms with Crippen molar-refractivity contribution < 1.29 is 0 Å². The molecule has 5 rings (SSSR count). The van der Waals surface area contributed by atoms with Crippen molar-refractivity contribution in [2.75, 3.05) is 0 Å². The summed E-state index contributed by atoms with van der Waals surface area (Å²) < 4.78 is 2.32. The van der Waals surface area contributed by atoms with E-state index in [9.17, 15) is 0 Å². The topological polar surface area (TPSA) is 54.8 Å². The van der Waals surface area contributed by atoms with Gasteiger partial charge in [-0.2, -0.15) is 0 Å². The van der Waals surface area contributed by atoms with E-state index in [1.54, 1.807) is 0 Å². The molecule has 4 aromatic rings. The van der Waals surface area contributed by atoms with Crippen molar-refractivity contribution in [3.8, 4) is 22.5 Å². The highest BCUT2D eigenvalue weighted by Gasteiger charge is 2.31. The van der Waals surface area contributed by atoms with Gasteiger partial charge in [-0.1, -0.05) is 48.5 Å². The zero-order valence-electron chi connectivity index (χ0n) is 16.7. The molecule has 2 aromatic heterocycles. The Bertz CT molecular complexity index is 1120. The first-order chi connectivity index (χ1) is 14.2. The van der Waals surface area contributed by atoms with Gasteiger partial charge in [-0.25, -0.2) is 4.98 Å². The third kappa shape index (κ3) is 3.22. The molecule has 2 unspecified atom stereocenters. The molecular weight excluding hydrogens is 358 g/mol. The SMILES string of the molecule is CC1NNC(C)C1Cn1cnc(-c2ccccc2)c1-c1cccc2cnccc12. The normalized spacial score (nSPS) is 21.7. The molecule has 0 amide bonds. The molecule has 1 fully saturated rings. The number of benzene rings is 2. The summed E-state index contributed by atoms with van der Waals surface area (Å²) in [6, 6.07) is 19.8. The lowest BCUT2D eigenvalue weighted by Crippen LogP contribution is -2.30. The van der Waals surface area contributed by atoms with E-state index in [-0.39, 0.29) is 0 Å². The predicted molar refractivity (Wildman–Crippen MR) is 117 cm³/mol. The van der Waals surface area contributed by atoms with Crippen LogP contribution in [0.3, 0.4) is 0 Å². The number of hydrogen-bond acceptors (Lipinski definition) is 4. The van der Waals surface area contributed by atoms with E-state index in [0.29, 0.717) is 18.0 Å². The van der Waals surface area contributed by atoms with Gasteiger partial charge in [0, 0.05) is 53.5 Å². The molecule has 0 bridgehead atoms. The molecule has 0 spiro atoms. The maximum absolute atomic E-state index is 4.87.